The topological polar surface area (TPSA) is 18.5 Å². The predicted octanol–water partition coefficient (Wildman–Crippen LogP) is 1.45. The molecule has 8 heavy (non-hydrogen) atoms. The zero-order valence-electron chi connectivity index (χ0n) is 4.89. The second-order valence-electron chi connectivity index (χ2n) is 1.60. The van der Waals surface area contributed by atoms with Crippen LogP contribution in [0.3, 0.4) is 0 Å². The molecule has 0 amide bonds. The average molecular weight is 113 g/mol. The van der Waals surface area contributed by atoms with Crippen molar-refractivity contribution in [2.24, 2.45) is 0 Å². The summed E-state index contributed by atoms with van der Waals surface area (Å²) in [5, 5.41) is 0. The molecule has 2 nitrogen and oxygen atoms in total. The van der Waals surface area contributed by atoms with Crippen molar-refractivity contribution >= 4 is 0 Å². The summed E-state index contributed by atoms with van der Waals surface area (Å²) in [4.78, 5) is 0. The highest BCUT2D eigenvalue weighted by Gasteiger charge is 2.09. The number of ether oxygens (including phenoxy) is 2. The third-order valence-electron chi connectivity index (χ3n) is 1.04. The maximum Gasteiger partial charge on any atom is 0.275 e. The van der Waals surface area contributed by atoms with E-state index in [2.05, 4.69) is 0 Å². The van der Waals surface area contributed by atoms with Gasteiger partial charge in [-0.2, -0.15) is 0 Å². The summed E-state index contributed by atoms with van der Waals surface area (Å²) < 4.78 is 9.78. The quantitative estimate of drug-likeness (QED) is 0.512. The first-order valence-electron chi connectivity index (χ1n) is 2.65. The molecule has 45 valence electrons. The Morgan fingerprint density at radius 3 is 3.00 bits per heavy atom. The van der Waals surface area contributed by atoms with Crippen molar-refractivity contribution in [2.45, 2.75) is 12.8 Å². The molecule has 0 aliphatic carbocycles. The predicted molar refractivity (Wildman–Crippen MR) is 29.7 cm³/mol. The smallest absolute Gasteiger partial charge is 0.275 e. The van der Waals surface area contributed by atoms with Gasteiger partial charge >= 0.3 is 0 Å². The Morgan fingerprint density at radius 1 is 1.75 bits per heavy atom. The first-order valence-corrected chi connectivity index (χ1v) is 2.65. The van der Waals surface area contributed by atoms with E-state index in [9.17, 15) is 0 Å². The van der Waals surface area contributed by atoms with Crippen LogP contribution in [-0.2, 0) is 9.47 Å². The summed E-state index contributed by atoms with van der Waals surface area (Å²) in [6.07, 6.45) is 6.27. The highest BCUT2D eigenvalue weighted by Crippen LogP contribution is 2.16. The number of hydrogen-bond acceptors (Lipinski definition) is 2. The fourth-order valence-electron chi connectivity index (χ4n) is 0.602. The van der Waals surface area contributed by atoms with Crippen LogP contribution in [0.15, 0.2) is 12.3 Å². The van der Waals surface area contributed by atoms with Crippen LogP contribution in [0.4, 0.5) is 0 Å². The molecule has 0 spiro atoms. The first kappa shape index (κ1) is 5.63. The van der Waals surface area contributed by atoms with E-state index >= 15 is 0 Å². The van der Waals surface area contributed by atoms with Crippen molar-refractivity contribution in [3.63, 3.8) is 0 Å². The summed E-state index contributed by atoms with van der Waals surface area (Å²) in [6.45, 7) is 0. The van der Waals surface area contributed by atoms with Gasteiger partial charge in [0.25, 0.3) is 6.29 Å². The van der Waals surface area contributed by atoms with Gasteiger partial charge in [-0.1, -0.05) is 0 Å². The van der Waals surface area contributed by atoms with Crippen molar-refractivity contribution < 1.29 is 9.47 Å². The second-order valence-corrected chi connectivity index (χ2v) is 1.60. The Kier molecular flexibility index (Phi) is 1.92. The molecule has 1 rings (SSSR count). The lowest BCUT2D eigenvalue weighted by molar-refractivity contribution is 0.0128. The van der Waals surface area contributed by atoms with Gasteiger partial charge in [-0.3, -0.25) is 0 Å². The van der Waals surface area contributed by atoms with Crippen molar-refractivity contribution in [2.75, 3.05) is 7.11 Å². The Hall–Kier alpha value is -0.500. The third-order valence-corrected chi connectivity index (χ3v) is 1.04. The molecule has 1 aliphatic heterocycles. The summed E-state index contributed by atoms with van der Waals surface area (Å²) in [7, 11) is 1.62. The molecule has 2 heteroatoms. The SMILES string of the molecule is CO[C]1CCC=CO1. The minimum Gasteiger partial charge on any atom is -0.463 e. The molecular formula is C6H9O2. The van der Waals surface area contributed by atoms with Gasteiger partial charge in [0.2, 0.25) is 0 Å². The largest absolute Gasteiger partial charge is 0.463 e. The van der Waals surface area contributed by atoms with Gasteiger partial charge in [-0.05, 0) is 12.5 Å². The molecule has 1 radical (unpaired) electrons. The fraction of sp³-hybridized carbons (Fsp3) is 0.500. The molecular weight excluding hydrogens is 104 g/mol. The van der Waals surface area contributed by atoms with Gasteiger partial charge in [0.05, 0.1) is 6.26 Å². The van der Waals surface area contributed by atoms with Gasteiger partial charge < -0.3 is 9.47 Å². The van der Waals surface area contributed by atoms with Crippen molar-refractivity contribution in [1.82, 2.24) is 0 Å². The summed E-state index contributed by atoms with van der Waals surface area (Å²) in [5.41, 5.74) is 0. The molecule has 0 unspecified atom stereocenters. The lowest BCUT2D eigenvalue weighted by Crippen LogP contribution is -2.04. The van der Waals surface area contributed by atoms with Crippen LogP contribution >= 0.6 is 0 Å². The lowest BCUT2D eigenvalue weighted by Gasteiger charge is -2.13. The van der Waals surface area contributed by atoms with Gasteiger partial charge in [0.15, 0.2) is 0 Å². The minimum absolute atomic E-state index is 0.715. The Labute approximate surface area is 49.1 Å². The third kappa shape index (κ3) is 1.23. The maximum absolute atomic E-state index is 4.94. The van der Waals surface area contributed by atoms with Gasteiger partial charge in [0.1, 0.15) is 0 Å². The van der Waals surface area contributed by atoms with E-state index in [-0.39, 0.29) is 0 Å². The molecule has 0 atom stereocenters. The van der Waals surface area contributed by atoms with Crippen molar-refractivity contribution in [1.29, 1.82) is 0 Å². The summed E-state index contributed by atoms with van der Waals surface area (Å²) in [6, 6.07) is 0. The maximum atomic E-state index is 4.94. The second kappa shape index (κ2) is 2.72. The zero-order valence-corrected chi connectivity index (χ0v) is 4.89. The summed E-state index contributed by atoms with van der Waals surface area (Å²) in [5.74, 6) is 0. The van der Waals surface area contributed by atoms with E-state index in [1.165, 1.54) is 0 Å². The molecule has 1 aliphatic rings. The van der Waals surface area contributed by atoms with Crippen molar-refractivity contribution in [3.8, 4) is 0 Å². The summed E-state index contributed by atoms with van der Waals surface area (Å²) >= 11 is 0. The number of hydrogen-bond donors (Lipinski definition) is 0. The molecule has 0 N–H and O–H groups in total. The van der Waals surface area contributed by atoms with E-state index in [0.717, 1.165) is 12.8 Å². The van der Waals surface area contributed by atoms with Crippen LogP contribution in [0.5, 0.6) is 0 Å². The fourth-order valence-corrected chi connectivity index (χ4v) is 0.602. The molecule has 1 heterocycles. The van der Waals surface area contributed by atoms with E-state index in [1.54, 1.807) is 13.4 Å². The molecule has 0 aromatic rings. The van der Waals surface area contributed by atoms with E-state index in [0.29, 0.717) is 6.29 Å². The lowest BCUT2D eigenvalue weighted by atomic mass is 10.3. The van der Waals surface area contributed by atoms with Crippen LogP contribution in [0, 0.1) is 6.29 Å². The van der Waals surface area contributed by atoms with Crippen LogP contribution in [0.2, 0.25) is 0 Å². The van der Waals surface area contributed by atoms with Crippen LogP contribution in [0.25, 0.3) is 0 Å². The molecule has 0 saturated heterocycles. The van der Waals surface area contributed by atoms with Gasteiger partial charge in [0, 0.05) is 13.5 Å². The van der Waals surface area contributed by atoms with Crippen molar-refractivity contribution in [3.05, 3.63) is 18.6 Å². The minimum atomic E-state index is 0.715. The standard InChI is InChI=1S/C6H9O2/c1-7-6-4-2-3-5-8-6/h3,5H,2,4H2,1H3. The average Bonchev–Trinajstić information content (AvgIpc) is 1.90. The van der Waals surface area contributed by atoms with E-state index < -0.39 is 0 Å². The Balaban J connectivity index is 2.27. The number of methoxy groups -OCH3 is 1. The van der Waals surface area contributed by atoms with Gasteiger partial charge in [-0.15, -0.1) is 0 Å². The molecule has 0 fully saturated rings. The molecule has 0 saturated carbocycles. The molecule has 0 bridgehead atoms. The highest BCUT2D eigenvalue weighted by molar-refractivity contribution is 4.85. The van der Waals surface area contributed by atoms with E-state index in [4.69, 9.17) is 9.47 Å². The van der Waals surface area contributed by atoms with Gasteiger partial charge in [-0.25, -0.2) is 0 Å². The first-order chi connectivity index (χ1) is 3.93. The Morgan fingerprint density at radius 2 is 2.62 bits per heavy atom. The highest BCUT2D eigenvalue weighted by atomic mass is 16.7. The number of allylic oxidation sites excluding steroid dienone is 1. The molecule has 0 aromatic carbocycles. The van der Waals surface area contributed by atoms with Crippen LogP contribution < -0.4 is 0 Å². The number of rotatable bonds is 1. The van der Waals surface area contributed by atoms with E-state index in [1.807, 2.05) is 6.08 Å². The van der Waals surface area contributed by atoms with Crippen LogP contribution in [-0.4, -0.2) is 7.11 Å². The Bertz CT molecular complexity index is 88.5. The van der Waals surface area contributed by atoms with Crippen LogP contribution in [0.1, 0.15) is 12.8 Å². The zero-order chi connectivity index (χ0) is 5.82. The monoisotopic (exact) mass is 113 g/mol. The molecule has 0 aromatic heterocycles. The normalized spacial score (nSPS) is 20.6.